The van der Waals surface area contributed by atoms with Gasteiger partial charge in [-0.3, -0.25) is 4.79 Å². The molecule has 1 N–H and O–H groups in total. The van der Waals surface area contributed by atoms with E-state index in [1.165, 1.54) is 0 Å². The lowest BCUT2D eigenvalue weighted by Crippen LogP contribution is -2.19. The van der Waals surface area contributed by atoms with E-state index in [0.717, 1.165) is 0 Å². The Hall–Kier alpha value is -1.52. The molecule has 0 atom stereocenters. The fourth-order valence-corrected chi connectivity index (χ4v) is 0.965. The van der Waals surface area contributed by atoms with E-state index in [9.17, 15) is 9.59 Å². The number of carbonyl (C=O) groups is 2. The van der Waals surface area contributed by atoms with Crippen molar-refractivity contribution in [3.63, 3.8) is 0 Å². The van der Waals surface area contributed by atoms with Gasteiger partial charge >= 0.3 is 5.97 Å². The molecule has 64 valence electrons. The molecule has 0 fully saturated rings. The molecule has 0 aromatic rings. The number of Topliss-reactive ketones (excluding diaryl/α,β-unsaturated/α-hetero) is 1. The predicted molar refractivity (Wildman–Crippen MR) is 39.7 cm³/mol. The van der Waals surface area contributed by atoms with Gasteiger partial charge in [0.05, 0.1) is 5.70 Å². The van der Waals surface area contributed by atoms with Gasteiger partial charge in [0, 0.05) is 0 Å². The number of carbonyl (C=O) groups excluding carboxylic acids is 1. The van der Waals surface area contributed by atoms with E-state index in [-0.39, 0.29) is 17.8 Å². The molecule has 5 nitrogen and oxygen atoms in total. The standard InChI is InChI=1S/C7H8N2O3/c1-2-4-6(7(11)12)5(10)3-8-9-4/h2-3H2,1H3,(H,11,12). The summed E-state index contributed by atoms with van der Waals surface area (Å²) >= 11 is 0. The van der Waals surface area contributed by atoms with Gasteiger partial charge in [-0.1, -0.05) is 6.92 Å². The van der Waals surface area contributed by atoms with Crippen LogP contribution in [0.1, 0.15) is 13.3 Å². The molecule has 0 aliphatic carbocycles. The Morgan fingerprint density at radius 3 is 2.75 bits per heavy atom. The Labute approximate surface area is 68.8 Å². The largest absolute Gasteiger partial charge is 0.477 e. The molecule has 1 aliphatic heterocycles. The van der Waals surface area contributed by atoms with Crippen LogP contribution in [0.15, 0.2) is 21.5 Å². The number of aliphatic carboxylic acids is 1. The molecule has 0 radical (unpaired) electrons. The molecule has 1 rings (SSSR count). The van der Waals surface area contributed by atoms with E-state index in [4.69, 9.17) is 5.11 Å². The summed E-state index contributed by atoms with van der Waals surface area (Å²) in [6, 6.07) is 0. The average molecular weight is 168 g/mol. The highest BCUT2D eigenvalue weighted by molar-refractivity contribution is 6.18. The molecule has 1 heterocycles. The van der Waals surface area contributed by atoms with Crippen LogP contribution >= 0.6 is 0 Å². The highest BCUT2D eigenvalue weighted by atomic mass is 16.4. The van der Waals surface area contributed by atoms with Gasteiger partial charge in [0.1, 0.15) is 12.1 Å². The van der Waals surface area contributed by atoms with Crippen LogP contribution in [0, 0.1) is 0 Å². The van der Waals surface area contributed by atoms with Crippen LogP contribution in [0.3, 0.4) is 0 Å². The molecule has 0 amide bonds. The Balaban J connectivity index is 3.12. The molecule has 0 saturated carbocycles. The summed E-state index contributed by atoms with van der Waals surface area (Å²) in [7, 11) is 0. The first kappa shape index (κ1) is 8.58. The average Bonchev–Trinajstić information content (AvgIpc) is 2.03. The quantitative estimate of drug-likeness (QED) is 0.618. The summed E-state index contributed by atoms with van der Waals surface area (Å²) in [6.45, 7) is 1.58. The van der Waals surface area contributed by atoms with Crippen molar-refractivity contribution in [2.45, 2.75) is 13.3 Å². The van der Waals surface area contributed by atoms with Gasteiger partial charge in [-0.05, 0) is 6.42 Å². The second-order valence-corrected chi connectivity index (χ2v) is 2.30. The SMILES string of the molecule is CCC1=C(C(=O)O)C(=O)CN=N1. The minimum Gasteiger partial charge on any atom is -0.477 e. The molecule has 5 heteroatoms. The Bertz CT molecular complexity index is 291. The molecule has 0 aromatic carbocycles. The summed E-state index contributed by atoms with van der Waals surface area (Å²) in [4.78, 5) is 21.6. The molecule has 0 bridgehead atoms. The smallest absolute Gasteiger partial charge is 0.341 e. The number of hydrogen-bond donors (Lipinski definition) is 1. The number of hydrogen-bond acceptors (Lipinski definition) is 4. The summed E-state index contributed by atoms with van der Waals surface area (Å²) in [5, 5.41) is 15.7. The number of ketones is 1. The number of carboxylic acid groups (broad SMARTS) is 1. The number of rotatable bonds is 2. The van der Waals surface area contributed by atoms with Gasteiger partial charge in [0.15, 0.2) is 5.78 Å². The van der Waals surface area contributed by atoms with Crippen molar-refractivity contribution >= 4 is 11.8 Å². The van der Waals surface area contributed by atoms with E-state index in [1.54, 1.807) is 6.92 Å². The first-order chi connectivity index (χ1) is 5.66. The third kappa shape index (κ3) is 1.39. The summed E-state index contributed by atoms with van der Waals surface area (Å²) in [6.07, 6.45) is 0.414. The maximum Gasteiger partial charge on any atom is 0.341 e. The van der Waals surface area contributed by atoms with Gasteiger partial charge in [-0.2, -0.15) is 10.2 Å². The highest BCUT2D eigenvalue weighted by Crippen LogP contribution is 2.16. The molecule has 12 heavy (non-hydrogen) atoms. The van der Waals surface area contributed by atoms with Crippen LogP contribution in [0.4, 0.5) is 0 Å². The van der Waals surface area contributed by atoms with Gasteiger partial charge in [0.25, 0.3) is 0 Å². The zero-order valence-corrected chi connectivity index (χ0v) is 6.57. The van der Waals surface area contributed by atoms with Gasteiger partial charge < -0.3 is 5.11 Å². The molecular weight excluding hydrogens is 160 g/mol. The van der Waals surface area contributed by atoms with Crippen molar-refractivity contribution in [2.75, 3.05) is 6.54 Å². The number of nitrogens with zero attached hydrogens (tertiary/aromatic N) is 2. The lowest BCUT2D eigenvalue weighted by molar-refractivity contribution is -0.134. The van der Waals surface area contributed by atoms with Crippen molar-refractivity contribution in [3.8, 4) is 0 Å². The predicted octanol–water partition coefficient (Wildman–Crippen LogP) is 0.770. The van der Waals surface area contributed by atoms with Gasteiger partial charge in [-0.15, -0.1) is 0 Å². The molecule has 0 aromatic heterocycles. The Morgan fingerprint density at radius 2 is 2.33 bits per heavy atom. The topological polar surface area (TPSA) is 79.1 Å². The lowest BCUT2D eigenvalue weighted by Gasteiger charge is -2.06. The van der Waals surface area contributed by atoms with Gasteiger partial charge in [-0.25, -0.2) is 4.79 Å². The van der Waals surface area contributed by atoms with Crippen LogP contribution in [-0.2, 0) is 9.59 Å². The van der Waals surface area contributed by atoms with Crippen LogP contribution in [0.25, 0.3) is 0 Å². The minimum atomic E-state index is -1.21. The highest BCUT2D eigenvalue weighted by Gasteiger charge is 2.24. The fraction of sp³-hybridized carbons (Fsp3) is 0.429. The second-order valence-electron chi connectivity index (χ2n) is 2.30. The fourth-order valence-electron chi connectivity index (χ4n) is 0.965. The van der Waals surface area contributed by atoms with E-state index in [1.807, 2.05) is 0 Å². The zero-order valence-electron chi connectivity index (χ0n) is 6.57. The van der Waals surface area contributed by atoms with E-state index in [0.29, 0.717) is 6.42 Å². The Morgan fingerprint density at radius 1 is 1.67 bits per heavy atom. The summed E-state index contributed by atoms with van der Waals surface area (Å²) < 4.78 is 0. The molecular formula is C7H8N2O3. The van der Waals surface area contributed by atoms with Gasteiger partial charge in [0.2, 0.25) is 0 Å². The molecule has 1 aliphatic rings. The van der Waals surface area contributed by atoms with E-state index < -0.39 is 11.8 Å². The van der Waals surface area contributed by atoms with Crippen molar-refractivity contribution in [1.29, 1.82) is 0 Å². The van der Waals surface area contributed by atoms with Crippen molar-refractivity contribution < 1.29 is 14.7 Å². The van der Waals surface area contributed by atoms with Crippen LogP contribution < -0.4 is 0 Å². The monoisotopic (exact) mass is 168 g/mol. The maximum atomic E-state index is 11.0. The first-order valence-electron chi connectivity index (χ1n) is 3.54. The first-order valence-corrected chi connectivity index (χ1v) is 3.54. The van der Waals surface area contributed by atoms with E-state index >= 15 is 0 Å². The summed E-state index contributed by atoms with van der Waals surface area (Å²) in [5.41, 5.74) is 0.0475. The third-order valence-electron chi connectivity index (χ3n) is 1.52. The van der Waals surface area contributed by atoms with Crippen LogP contribution in [-0.4, -0.2) is 23.4 Å². The van der Waals surface area contributed by atoms with E-state index in [2.05, 4.69) is 10.2 Å². The van der Waals surface area contributed by atoms with Crippen LogP contribution in [0.2, 0.25) is 0 Å². The minimum absolute atomic E-state index is 0.148. The van der Waals surface area contributed by atoms with Crippen molar-refractivity contribution in [1.82, 2.24) is 0 Å². The number of allylic oxidation sites excluding steroid dienone is 1. The third-order valence-corrected chi connectivity index (χ3v) is 1.52. The molecule has 0 saturated heterocycles. The second kappa shape index (κ2) is 3.25. The number of azo groups is 1. The van der Waals surface area contributed by atoms with Crippen molar-refractivity contribution in [3.05, 3.63) is 11.3 Å². The maximum absolute atomic E-state index is 11.0. The zero-order chi connectivity index (χ0) is 9.14. The normalized spacial score (nSPS) is 16.9. The summed E-state index contributed by atoms with van der Waals surface area (Å²) in [5.74, 6) is -1.68. The number of carboxylic acids is 1. The molecule has 0 spiro atoms. The lowest BCUT2D eigenvalue weighted by atomic mass is 10.1. The molecule has 0 unspecified atom stereocenters. The van der Waals surface area contributed by atoms with Crippen molar-refractivity contribution in [2.24, 2.45) is 10.2 Å². The Kier molecular flexibility index (Phi) is 2.32. The van der Waals surface area contributed by atoms with Crippen LogP contribution in [0.5, 0.6) is 0 Å².